The Bertz CT molecular complexity index is 1940. The van der Waals surface area contributed by atoms with Crippen LogP contribution in [0, 0.1) is 34.0 Å². The van der Waals surface area contributed by atoms with Gasteiger partial charge in [-0.2, -0.15) is 10.5 Å². The number of fused-ring (bicyclic) bond motifs is 2. The van der Waals surface area contributed by atoms with Gasteiger partial charge < -0.3 is 21.0 Å². The Balaban J connectivity index is 1.36. The van der Waals surface area contributed by atoms with Crippen LogP contribution in [0.5, 0.6) is 0 Å². The van der Waals surface area contributed by atoms with Gasteiger partial charge in [-0.1, -0.05) is 32.9 Å². The number of hydrazine groups is 2. The third-order valence-corrected chi connectivity index (χ3v) is 8.90. The lowest BCUT2D eigenvalue weighted by molar-refractivity contribution is -0.141. The number of aromatic nitrogens is 2. The minimum Gasteiger partial charge on any atom is -0.383 e. The van der Waals surface area contributed by atoms with E-state index in [1.807, 2.05) is 30.3 Å². The fourth-order valence-electron chi connectivity index (χ4n) is 6.55. The van der Waals surface area contributed by atoms with Crippen LogP contribution in [0.15, 0.2) is 65.5 Å². The van der Waals surface area contributed by atoms with Crippen molar-refractivity contribution in [3.05, 3.63) is 87.7 Å². The summed E-state index contributed by atoms with van der Waals surface area (Å²) in [6.45, 7) is 7.00. The molecule has 2 aromatic carbocycles. The fourth-order valence-corrected chi connectivity index (χ4v) is 6.55. The third kappa shape index (κ3) is 4.52. The molecule has 0 unspecified atom stereocenters. The first kappa shape index (κ1) is 26.8. The molecule has 216 valence electrons. The average Bonchev–Trinajstić information content (AvgIpc) is 3.41. The van der Waals surface area contributed by atoms with Crippen molar-refractivity contribution >= 4 is 33.1 Å². The van der Waals surface area contributed by atoms with Crippen LogP contribution in [0.25, 0.3) is 21.7 Å². The van der Waals surface area contributed by atoms with Gasteiger partial charge in [0, 0.05) is 41.6 Å². The van der Waals surface area contributed by atoms with Crippen molar-refractivity contribution < 1.29 is 0 Å². The quantitative estimate of drug-likeness (QED) is 0.203. The van der Waals surface area contributed by atoms with Gasteiger partial charge in [-0.15, -0.1) is 5.53 Å². The molecule has 10 heteroatoms. The zero-order valence-electron chi connectivity index (χ0n) is 24.4. The number of hydrogen-bond acceptors (Lipinski definition) is 9. The Hall–Kier alpha value is -5.06. The average molecular weight is 572 g/mol. The summed E-state index contributed by atoms with van der Waals surface area (Å²) in [4.78, 5) is 20.0. The van der Waals surface area contributed by atoms with Gasteiger partial charge in [-0.25, -0.2) is 0 Å². The van der Waals surface area contributed by atoms with Crippen molar-refractivity contribution in [3.63, 3.8) is 0 Å². The first-order chi connectivity index (χ1) is 20.7. The van der Waals surface area contributed by atoms with Gasteiger partial charge in [0.1, 0.15) is 12.1 Å². The number of nitriles is 2. The molecule has 0 spiro atoms. The summed E-state index contributed by atoms with van der Waals surface area (Å²) >= 11 is 0. The van der Waals surface area contributed by atoms with Crippen LogP contribution >= 0.6 is 0 Å². The van der Waals surface area contributed by atoms with Crippen molar-refractivity contribution in [3.8, 4) is 12.1 Å². The number of pyridine rings is 2. The van der Waals surface area contributed by atoms with Crippen molar-refractivity contribution in [2.24, 2.45) is 11.3 Å². The van der Waals surface area contributed by atoms with E-state index in [0.29, 0.717) is 45.3 Å². The highest BCUT2D eigenvalue weighted by molar-refractivity contribution is 5.99. The van der Waals surface area contributed by atoms with Crippen LogP contribution in [-0.4, -0.2) is 27.1 Å². The molecule has 3 aliphatic carbocycles. The lowest BCUT2D eigenvalue weighted by Crippen LogP contribution is -2.69. The van der Waals surface area contributed by atoms with Gasteiger partial charge in [0.05, 0.1) is 39.6 Å². The highest BCUT2D eigenvalue weighted by atomic mass is 16.1. The van der Waals surface area contributed by atoms with Gasteiger partial charge in [-0.3, -0.25) is 14.8 Å². The molecule has 1 aliphatic heterocycles. The Kier molecular flexibility index (Phi) is 6.08. The van der Waals surface area contributed by atoms with Crippen LogP contribution in [-0.2, 0) is 0 Å². The van der Waals surface area contributed by atoms with E-state index in [1.165, 1.54) is 25.5 Å². The lowest BCUT2D eigenvalue weighted by atomic mass is 9.49. The van der Waals surface area contributed by atoms with Gasteiger partial charge in [0.2, 0.25) is 0 Å². The number of benzene rings is 2. The topological polar surface area (TPSA) is 145 Å². The molecule has 8 rings (SSSR count). The monoisotopic (exact) mass is 571 g/mol. The van der Waals surface area contributed by atoms with Crippen molar-refractivity contribution in [1.29, 1.82) is 10.5 Å². The zero-order chi connectivity index (χ0) is 29.9. The number of nitrogens with one attached hydrogen (secondary N) is 5. The molecule has 4 aliphatic rings. The highest BCUT2D eigenvalue weighted by Gasteiger charge is 2.60. The maximum absolute atomic E-state index is 12.7. The largest absolute Gasteiger partial charge is 0.383 e. The minimum absolute atomic E-state index is 0.0343. The molecular formula is C33H33N9O. The second-order valence-corrected chi connectivity index (χ2v) is 13.2. The molecule has 1 atom stereocenters. The van der Waals surface area contributed by atoms with E-state index in [9.17, 15) is 15.3 Å². The number of H-pyrrole nitrogens is 1. The lowest BCUT2D eigenvalue weighted by Gasteiger charge is -2.64. The molecule has 3 heterocycles. The Morgan fingerprint density at radius 2 is 1.88 bits per heavy atom. The number of hydrogen-bond donors (Lipinski definition) is 5. The van der Waals surface area contributed by atoms with Gasteiger partial charge in [0.25, 0.3) is 5.56 Å². The van der Waals surface area contributed by atoms with Gasteiger partial charge in [-0.05, 0) is 65.8 Å². The summed E-state index contributed by atoms with van der Waals surface area (Å²) in [5.74, 6) is 0.827. The molecule has 10 nitrogen and oxygen atoms in total. The van der Waals surface area contributed by atoms with Crippen LogP contribution in [0.1, 0.15) is 62.8 Å². The van der Waals surface area contributed by atoms with E-state index in [4.69, 9.17) is 0 Å². The summed E-state index contributed by atoms with van der Waals surface area (Å²) in [6.07, 6.45) is 8.86. The third-order valence-electron chi connectivity index (χ3n) is 8.90. The highest BCUT2D eigenvalue weighted by Crippen LogP contribution is 2.60. The first-order valence-electron chi connectivity index (χ1n) is 14.6. The van der Waals surface area contributed by atoms with Crippen molar-refractivity contribution in [2.75, 3.05) is 17.2 Å². The molecule has 0 radical (unpaired) electrons. The first-order valence-corrected chi connectivity index (χ1v) is 14.6. The Labute approximate surface area is 249 Å². The molecule has 0 amide bonds. The van der Waals surface area contributed by atoms with Gasteiger partial charge >= 0.3 is 0 Å². The van der Waals surface area contributed by atoms with Crippen molar-refractivity contribution in [2.45, 2.75) is 51.6 Å². The summed E-state index contributed by atoms with van der Waals surface area (Å²) in [5.41, 5.74) is 11.2. The SMILES string of the molecule is CC(C)(C)CNc1c(C#N)cnc2c(C#N)cc(N[C@H](C3=CN(C45CC(C4)C5)NN3)c3cccc4c(=O)[nH]ccc34)cc12. The second-order valence-electron chi connectivity index (χ2n) is 13.2. The molecule has 0 saturated heterocycles. The smallest absolute Gasteiger partial charge is 0.255 e. The molecule has 3 fully saturated rings. The molecule has 4 aromatic rings. The molecular weight excluding hydrogens is 538 g/mol. The standard InChI is InChI=1S/C33H33N9O/c1-32(2,3)18-38-29-21(15-35)16-37-28-20(14-34)9-22(10-26(28)29)39-30(24-5-4-6-25-23(24)7-8-36-31(25)43)27-17-42(41-40-27)33-11-19(12-33)13-33/h4-10,16-17,19,30,39-41H,11-13,18H2,1-3H3,(H,36,43)(H,37,38)/t19?,30-,33?/m0/s1. The Morgan fingerprint density at radius 1 is 1.09 bits per heavy atom. The number of nitrogens with zero attached hydrogens (tertiary/aromatic N) is 4. The number of anilines is 2. The van der Waals surface area contributed by atoms with Crippen LogP contribution < -0.4 is 27.2 Å². The molecule has 3 saturated carbocycles. The number of rotatable bonds is 7. The predicted octanol–water partition coefficient (Wildman–Crippen LogP) is 5.15. The maximum atomic E-state index is 12.7. The second kappa shape index (κ2) is 9.75. The van der Waals surface area contributed by atoms with Crippen LogP contribution in [0.4, 0.5) is 11.4 Å². The molecule has 2 bridgehead atoms. The van der Waals surface area contributed by atoms with E-state index < -0.39 is 6.04 Å². The molecule has 2 aromatic heterocycles. The molecule has 43 heavy (non-hydrogen) atoms. The van der Waals surface area contributed by atoms with Crippen LogP contribution in [0.3, 0.4) is 0 Å². The summed E-state index contributed by atoms with van der Waals surface area (Å²) in [6, 6.07) is 15.6. The van der Waals surface area contributed by atoms with E-state index in [1.54, 1.807) is 12.3 Å². The summed E-state index contributed by atoms with van der Waals surface area (Å²) in [7, 11) is 0. The summed E-state index contributed by atoms with van der Waals surface area (Å²) < 4.78 is 0. The van der Waals surface area contributed by atoms with Gasteiger partial charge in [0.15, 0.2) is 0 Å². The maximum Gasteiger partial charge on any atom is 0.255 e. The fraction of sp³-hybridized carbons (Fsp3) is 0.333. The normalized spacial score (nSPS) is 21.2. The van der Waals surface area contributed by atoms with E-state index in [0.717, 1.165) is 22.6 Å². The Morgan fingerprint density at radius 3 is 2.58 bits per heavy atom. The van der Waals surface area contributed by atoms with E-state index in [-0.39, 0.29) is 16.5 Å². The van der Waals surface area contributed by atoms with Crippen LogP contribution in [0.2, 0.25) is 0 Å². The van der Waals surface area contributed by atoms with Crippen molar-refractivity contribution in [1.82, 2.24) is 25.9 Å². The predicted molar refractivity (Wildman–Crippen MR) is 166 cm³/mol. The minimum atomic E-state index is -0.391. The van der Waals surface area contributed by atoms with E-state index in [2.05, 4.69) is 75.7 Å². The summed E-state index contributed by atoms with van der Waals surface area (Å²) in [5, 5.41) is 31.5. The molecule has 5 N–H and O–H groups in total. The number of aromatic amines is 1. The zero-order valence-corrected chi connectivity index (χ0v) is 24.4. The van der Waals surface area contributed by atoms with E-state index >= 15 is 0 Å².